The first kappa shape index (κ1) is 18.4. The van der Waals surface area contributed by atoms with E-state index in [1.165, 1.54) is 12.1 Å². The predicted molar refractivity (Wildman–Crippen MR) is 93.0 cm³/mol. The number of alkyl halides is 3. The highest BCUT2D eigenvalue weighted by Gasteiger charge is 2.31. The fraction of sp³-hybridized carbons (Fsp3) is 0.100. The Hall–Kier alpha value is -3.35. The van der Waals surface area contributed by atoms with Gasteiger partial charge in [0.2, 0.25) is 0 Å². The Morgan fingerprint density at radius 3 is 2.26 bits per heavy atom. The lowest BCUT2D eigenvalue weighted by Gasteiger charge is -2.09. The minimum atomic E-state index is -4.77. The van der Waals surface area contributed by atoms with E-state index in [0.29, 0.717) is 12.0 Å². The Morgan fingerprint density at radius 2 is 1.59 bits per heavy atom. The summed E-state index contributed by atoms with van der Waals surface area (Å²) >= 11 is 0. The molecule has 3 rings (SSSR count). The largest absolute Gasteiger partial charge is 0.573 e. The molecule has 0 unspecified atom stereocenters. The van der Waals surface area contributed by atoms with Crippen LogP contribution in [-0.4, -0.2) is 16.8 Å². The van der Waals surface area contributed by atoms with Crippen LogP contribution in [0, 0.1) is 0 Å². The molecule has 7 heteroatoms. The van der Waals surface area contributed by atoms with Crippen LogP contribution in [0.15, 0.2) is 84.0 Å². The first-order chi connectivity index (χ1) is 12.9. The van der Waals surface area contributed by atoms with E-state index < -0.39 is 18.0 Å². The highest BCUT2D eigenvalue weighted by atomic mass is 19.4. The van der Waals surface area contributed by atoms with Crippen LogP contribution in [0.1, 0.15) is 15.9 Å². The van der Waals surface area contributed by atoms with Crippen molar-refractivity contribution in [2.45, 2.75) is 12.9 Å². The quantitative estimate of drug-likeness (QED) is 0.690. The van der Waals surface area contributed by atoms with Gasteiger partial charge in [-0.1, -0.05) is 36.4 Å². The average molecular weight is 372 g/mol. The van der Waals surface area contributed by atoms with Gasteiger partial charge < -0.3 is 9.30 Å². The summed E-state index contributed by atoms with van der Waals surface area (Å²) in [6.07, 6.45) is -2.97. The third-order valence-electron chi connectivity index (χ3n) is 3.66. The number of carbonyl (C=O) groups is 1. The Kier molecular flexibility index (Phi) is 5.40. The number of nitrogens with zero attached hydrogens (tertiary/aromatic N) is 2. The second-order valence-electron chi connectivity index (χ2n) is 5.66. The van der Waals surface area contributed by atoms with Crippen LogP contribution in [0.4, 0.5) is 13.2 Å². The fourth-order valence-electron chi connectivity index (χ4n) is 2.45. The number of aromatic nitrogens is 1. The van der Waals surface area contributed by atoms with E-state index in [1.54, 1.807) is 18.3 Å². The molecule has 0 N–H and O–H groups in total. The van der Waals surface area contributed by atoms with Gasteiger partial charge in [0.25, 0.3) is 5.91 Å². The van der Waals surface area contributed by atoms with Gasteiger partial charge in [-0.25, -0.2) is 0 Å². The molecule has 0 atom stereocenters. The van der Waals surface area contributed by atoms with Gasteiger partial charge in [-0.05, 0) is 42.0 Å². The van der Waals surface area contributed by atoms with Gasteiger partial charge in [0.15, 0.2) is 0 Å². The third-order valence-corrected chi connectivity index (χ3v) is 3.66. The first-order valence-electron chi connectivity index (χ1n) is 8.05. The summed E-state index contributed by atoms with van der Waals surface area (Å²) in [7, 11) is 0. The van der Waals surface area contributed by atoms with E-state index in [-0.39, 0.29) is 5.56 Å². The van der Waals surface area contributed by atoms with Gasteiger partial charge in [0.05, 0.1) is 0 Å². The number of pyridine rings is 1. The molecule has 2 aromatic carbocycles. The fourth-order valence-corrected chi connectivity index (χ4v) is 2.45. The molecule has 0 aliphatic carbocycles. The van der Waals surface area contributed by atoms with Crippen LogP contribution in [-0.2, 0) is 6.54 Å². The van der Waals surface area contributed by atoms with Gasteiger partial charge >= 0.3 is 6.36 Å². The molecular formula is C20H15F3N2O2. The van der Waals surface area contributed by atoms with Crippen LogP contribution in [0.5, 0.6) is 5.75 Å². The number of benzene rings is 2. The van der Waals surface area contributed by atoms with E-state index in [0.717, 1.165) is 17.7 Å². The second-order valence-corrected chi connectivity index (χ2v) is 5.66. The van der Waals surface area contributed by atoms with Crippen molar-refractivity contribution in [1.29, 1.82) is 0 Å². The molecule has 0 aliphatic heterocycles. The average Bonchev–Trinajstić information content (AvgIpc) is 2.63. The molecule has 0 aliphatic rings. The molecule has 0 saturated heterocycles. The molecule has 0 fully saturated rings. The maximum atomic E-state index is 12.4. The van der Waals surface area contributed by atoms with Crippen molar-refractivity contribution in [1.82, 2.24) is 4.57 Å². The van der Waals surface area contributed by atoms with E-state index in [2.05, 4.69) is 9.73 Å². The molecule has 0 spiro atoms. The van der Waals surface area contributed by atoms with E-state index >= 15 is 0 Å². The monoisotopic (exact) mass is 372 g/mol. The number of rotatable bonds is 4. The van der Waals surface area contributed by atoms with Crippen LogP contribution in [0.25, 0.3) is 0 Å². The van der Waals surface area contributed by atoms with Crippen molar-refractivity contribution in [2.75, 3.05) is 0 Å². The molecule has 1 amide bonds. The maximum Gasteiger partial charge on any atom is 0.573 e. The van der Waals surface area contributed by atoms with Crippen molar-refractivity contribution in [2.24, 2.45) is 4.99 Å². The first-order valence-corrected chi connectivity index (χ1v) is 8.05. The van der Waals surface area contributed by atoms with Crippen molar-refractivity contribution < 1.29 is 22.7 Å². The Bertz CT molecular complexity index is 978. The molecular weight excluding hydrogens is 357 g/mol. The molecule has 1 heterocycles. The summed E-state index contributed by atoms with van der Waals surface area (Å²) in [4.78, 5) is 16.5. The van der Waals surface area contributed by atoms with Gasteiger partial charge in [0, 0.05) is 18.3 Å². The highest BCUT2D eigenvalue weighted by molar-refractivity contribution is 5.94. The molecule has 1 aromatic heterocycles. The lowest BCUT2D eigenvalue weighted by atomic mass is 10.2. The van der Waals surface area contributed by atoms with Gasteiger partial charge in [-0.3, -0.25) is 4.79 Å². The standard InChI is InChI=1S/C20H15F3N2O2/c21-20(22,23)27-17-11-9-16(10-12-17)19(26)24-18-8-4-5-13-25(18)14-15-6-2-1-3-7-15/h1-13H,14H2. The van der Waals surface area contributed by atoms with Crippen molar-refractivity contribution in [3.63, 3.8) is 0 Å². The van der Waals surface area contributed by atoms with Crippen molar-refractivity contribution in [3.05, 3.63) is 95.6 Å². The number of halogens is 3. The second kappa shape index (κ2) is 7.90. The SMILES string of the molecule is O=C(N=c1ccccn1Cc1ccccc1)c1ccc(OC(F)(F)F)cc1. The number of hydrogen-bond donors (Lipinski definition) is 0. The zero-order valence-electron chi connectivity index (χ0n) is 14.1. The Balaban J connectivity index is 1.83. The molecule has 4 nitrogen and oxygen atoms in total. The Labute approximate surface area is 153 Å². The minimum Gasteiger partial charge on any atom is -0.406 e. The van der Waals surface area contributed by atoms with Crippen molar-refractivity contribution in [3.8, 4) is 5.75 Å². The van der Waals surface area contributed by atoms with E-state index in [1.807, 2.05) is 41.0 Å². The summed E-state index contributed by atoms with van der Waals surface area (Å²) in [5.41, 5.74) is 1.66. The summed E-state index contributed by atoms with van der Waals surface area (Å²) in [6.45, 7) is 0.534. The highest BCUT2D eigenvalue weighted by Crippen LogP contribution is 2.22. The normalized spacial score (nSPS) is 12.0. The third kappa shape index (κ3) is 5.31. The van der Waals surface area contributed by atoms with Gasteiger partial charge in [-0.2, -0.15) is 4.99 Å². The molecule has 0 bridgehead atoms. The Morgan fingerprint density at radius 1 is 0.926 bits per heavy atom. The summed E-state index contributed by atoms with van der Waals surface area (Å²) in [5.74, 6) is -0.945. The molecule has 0 saturated carbocycles. The zero-order chi connectivity index (χ0) is 19.3. The lowest BCUT2D eigenvalue weighted by Crippen LogP contribution is -2.22. The van der Waals surface area contributed by atoms with Crippen molar-refractivity contribution >= 4 is 5.91 Å². The van der Waals surface area contributed by atoms with Crippen LogP contribution in [0.3, 0.4) is 0 Å². The van der Waals surface area contributed by atoms with Crippen LogP contribution >= 0.6 is 0 Å². The van der Waals surface area contributed by atoms with E-state index in [4.69, 9.17) is 0 Å². The van der Waals surface area contributed by atoms with Gasteiger partial charge in [-0.15, -0.1) is 13.2 Å². The smallest absolute Gasteiger partial charge is 0.406 e. The number of ether oxygens (including phenoxy) is 1. The summed E-state index contributed by atoms with van der Waals surface area (Å²) in [6, 6.07) is 19.6. The summed E-state index contributed by atoms with van der Waals surface area (Å²) < 4.78 is 42.2. The molecule has 0 radical (unpaired) electrons. The number of hydrogen-bond acceptors (Lipinski definition) is 2. The molecule has 27 heavy (non-hydrogen) atoms. The zero-order valence-corrected chi connectivity index (χ0v) is 14.1. The number of carbonyl (C=O) groups excluding carboxylic acids is 1. The van der Waals surface area contributed by atoms with Gasteiger partial charge in [0.1, 0.15) is 11.2 Å². The number of amides is 1. The van der Waals surface area contributed by atoms with E-state index in [9.17, 15) is 18.0 Å². The molecule has 3 aromatic rings. The van der Waals surface area contributed by atoms with Crippen LogP contribution < -0.4 is 10.2 Å². The molecule has 138 valence electrons. The predicted octanol–water partition coefficient (Wildman–Crippen LogP) is 4.18. The lowest BCUT2D eigenvalue weighted by molar-refractivity contribution is -0.274. The topological polar surface area (TPSA) is 43.6 Å². The minimum absolute atomic E-state index is 0.166. The van der Waals surface area contributed by atoms with Crippen LogP contribution in [0.2, 0.25) is 0 Å². The summed E-state index contributed by atoms with van der Waals surface area (Å²) in [5, 5.41) is 0. The maximum absolute atomic E-state index is 12.4.